The van der Waals surface area contributed by atoms with Crippen LogP contribution in [0.25, 0.3) is 0 Å². The van der Waals surface area contributed by atoms with E-state index in [0.717, 1.165) is 34.9 Å². The number of aromatic nitrogens is 3. The molecule has 1 saturated carbocycles. The molecule has 3 rings (SSSR count). The molecule has 0 aliphatic heterocycles. The summed E-state index contributed by atoms with van der Waals surface area (Å²) in [5, 5.41) is 8.05. The van der Waals surface area contributed by atoms with Gasteiger partial charge >= 0.3 is 0 Å². The van der Waals surface area contributed by atoms with E-state index in [-0.39, 0.29) is 0 Å². The highest BCUT2D eigenvalue weighted by Gasteiger charge is 2.31. The normalized spacial score (nSPS) is 14.7. The Balaban J connectivity index is 1.95. The number of aldehydes is 1. The first-order valence-corrected chi connectivity index (χ1v) is 6.71. The number of benzene rings is 1. The van der Waals surface area contributed by atoms with Crippen molar-refractivity contribution in [1.29, 1.82) is 0 Å². The molecule has 1 fully saturated rings. The van der Waals surface area contributed by atoms with Gasteiger partial charge in [-0.05, 0) is 24.5 Å². The predicted molar refractivity (Wildman–Crippen MR) is 70.6 cm³/mol. The number of halogens is 1. The van der Waals surface area contributed by atoms with Crippen molar-refractivity contribution in [3.8, 4) is 0 Å². The molecule has 1 heterocycles. The van der Waals surface area contributed by atoms with E-state index in [0.29, 0.717) is 18.2 Å². The summed E-state index contributed by atoms with van der Waals surface area (Å²) in [5.74, 6) is 0.461. The van der Waals surface area contributed by atoms with Gasteiger partial charge in [0.1, 0.15) is 5.69 Å². The second-order valence-corrected chi connectivity index (χ2v) is 5.36. The van der Waals surface area contributed by atoms with Crippen LogP contribution >= 0.6 is 15.9 Å². The topological polar surface area (TPSA) is 47.8 Å². The molecule has 1 aliphatic carbocycles. The Morgan fingerprint density at radius 3 is 2.83 bits per heavy atom. The third-order valence-corrected chi connectivity index (χ3v) is 3.93. The molecule has 0 N–H and O–H groups in total. The summed E-state index contributed by atoms with van der Waals surface area (Å²) in [7, 11) is 0. The second kappa shape index (κ2) is 4.65. The molecule has 0 radical (unpaired) electrons. The molecule has 0 spiro atoms. The first kappa shape index (κ1) is 11.6. The highest BCUT2D eigenvalue weighted by atomic mass is 79.9. The van der Waals surface area contributed by atoms with E-state index in [1.165, 1.54) is 0 Å². The lowest BCUT2D eigenvalue weighted by Gasteiger charge is -2.07. The van der Waals surface area contributed by atoms with Gasteiger partial charge in [0.15, 0.2) is 6.29 Å². The Morgan fingerprint density at radius 2 is 2.17 bits per heavy atom. The van der Waals surface area contributed by atoms with Gasteiger partial charge in [-0.2, -0.15) is 0 Å². The quantitative estimate of drug-likeness (QED) is 0.816. The molecule has 1 aromatic carbocycles. The smallest absolute Gasteiger partial charge is 0.172 e. The lowest BCUT2D eigenvalue weighted by molar-refractivity contribution is 0.111. The maximum Gasteiger partial charge on any atom is 0.172 e. The fourth-order valence-electron chi connectivity index (χ4n) is 2.10. The zero-order valence-corrected chi connectivity index (χ0v) is 11.3. The minimum atomic E-state index is 0.461. The van der Waals surface area contributed by atoms with E-state index in [1.54, 1.807) is 0 Å². The molecule has 4 nitrogen and oxygen atoms in total. The monoisotopic (exact) mass is 305 g/mol. The van der Waals surface area contributed by atoms with Gasteiger partial charge in [-0.15, -0.1) is 5.10 Å². The Hall–Kier alpha value is -1.49. The SMILES string of the molecule is O=Cc1nnn(Cc2ccccc2Br)c1C1CC1. The minimum absolute atomic E-state index is 0.461. The van der Waals surface area contributed by atoms with Crippen LogP contribution in [0.5, 0.6) is 0 Å². The molecule has 5 heteroatoms. The highest BCUT2D eigenvalue weighted by Crippen LogP contribution is 2.41. The first-order valence-electron chi connectivity index (χ1n) is 5.91. The lowest BCUT2D eigenvalue weighted by atomic mass is 10.2. The van der Waals surface area contributed by atoms with Gasteiger partial charge in [0.25, 0.3) is 0 Å². The maximum atomic E-state index is 11.0. The second-order valence-electron chi connectivity index (χ2n) is 4.50. The average Bonchev–Trinajstić information content (AvgIpc) is 3.14. The standard InChI is InChI=1S/C13H12BrN3O/c14-11-4-2-1-3-10(11)7-17-13(9-5-6-9)12(8-18)15-16-17/h1-4,8-9H,5-7H2. The van der Waals surface area contributed by atoms with Crippen LogP contribution in [0.4, 0.5) is 0 Å². The minimum Gasteiger partial charge on any atom is -0.296 e. The third-order valence-electron chi connectivity index (χ3n) is 3.15. The van der Waals surface area contributed by atoms with Gasteiger partial charge < -0.3 is 0 Å². The Kier molecular flexibility index (Phi) is 2.99. The third kappa shape index (κ3) is 2.10. The molecule has 2 aromatic rings. The van der Waals surface area contributed by atoms with Gasteiger partial charge in [0.2, 0.25) is 0 Å². The van der Waals surface area contributed by atoms with Crippen LogP contribution in [0.1, 0.15) is 40.5 Å². The number of hydrogen-bond donors (Lipinski definition) is 0. The lowest BCUT2D eigenvalue weighted by Crippen LogP contribution is -2.07. The summed E-state index contributed by atoms with van der Waals surface area (Å²) in [6, 6.07) is 8.02. The van der Waals surface area contributed by atoms with Gasteiger partial charge in [0, 0.05) is 10.4 Å². The zero-order chi connectivity index (χ0) is 12.5. The average molecular weight is 306 g/mol. The van der Waals surface area contributed by atoms with Crippen LogP contribution in [0.2, 0.25) is 0 Å². The number of carbonyl (C=O) groups excluding carboxylic acids is 1. The fraction of sp³-hybridized carbons (Fsp3) is 0.308. The Bertz CT molecular complexity index is 590. The number of carbonyl (C=O) groups is 1. The molecular weight excluding hydrogens is 294 g/mol. The number of hydrogen-bond acceptors (Lipinski definition) is 3. The molecule has 0 atom stereocenters. The molecule has 1 aliphatic rings. The number of nitrogens with zero attached hydrogens (tertiary/aromatic N) is 3. The van der Waals surface area contributed by atoms with E-state index >= 15 is 0 Å². The molecule has 92 valence electrons. The highest BCUT2D eigenvalue weighted by molar-refractivity contribution is 9.10. The van der Waals surface area contributed by atoms with Gasteiger partial charge in [-0.1, -0.05) is 39.3 Å². The van der Waals surface area contributed by atoms with Crippen molar-refractivity contribution in [2.24, 2.45) is 0 Å². The summed E-state index contributed by atoms with van der Waals surface area (Å²) in [5.41, 5.74) is 2.62. The maximum absolute atomic E-state index is 11.0. The summed E-state index contributed by atoms with van der Waals surface area (Å²) in [6.07, 6.45) is 3.06. The number of rotatable bonds is 4. The van der Waals surface area contributed by atoms with Crippen LogP contribution in [-0.2, 0) is 6.54 Å². The van der Waals surface area contributed by atoms with E-state index < -0.39 is 0 Å². The summed E-state index contributed by atoms with van der Waals surface area (Å²) >= 11 is 3.52. The van der Waals surface area contributed by atoms with Crippen molar-refractivity contribution in [3.05, 3.63) is 45.7 Å². The van der Waals surface area contributed by atoms with Crippen LogP contribution in [-0.4, -0.2) is 21.3 Å². The molecule has 0 bridgehead atoms. The van der Waals surface area contributed by atoms with Crippen molar-refractivity contribution in [2.45, 2.75) is 25.3 Å². The molecule has 18 heavy (non-hydrogen) atoms. The molecule has 1 aromatic heterocycles. The molecular formula is C13H12BrN3O. The van der Waals surface area contributed by atoms with Crippen LogP contribution in [0.3, 0.4) is 0 Å². The summed E-state index contributed by atoms with van der Waals surface area (Å²) in [6.45, 7) is 0.647. The van der Waals surface area contributed by atoms with Crippen molar-refractivity contribution < 1.29 is 4.79 Å². The first-order chi connectivity index (χ1) is 8.79. The van der Waals surface area contributed by atoms with Gasteiger partial charge in [0.05, 0.1) is 12.2 Å². The molecule has 0 amide bonds. The van der Waals surface area contributed by atoms with E-state index in [9.17, 15) is 4.79 Å². The summed E-state index contributed by atoms with van der Waals surface area (Å²) in [4.78, 5) is 11.0. The molecule has 0 unspecified atom stereocenters. The van der Waals surface area contributed by atoms with Crippen molar-refractivity contribution >= 4 is 22.2 Å². The van der Waals surface area contributed by atoms with E-state index in [2.05, 4.69) is 26.2 Å². The zero-order valence-electron chi connectivity index (χ0n) is 9.71. The van der Waals surface area contributed by atoms with Crippen LogP contribution in [0, 0.1) is 0 Å². The van der Waals surface area contributed by atoms with E-state index in [1.807, 2.05) is 28.9 Å². The predicted octanol–water partition coefficient (Wildman–Crippen LogP) is 2.78. The van der Waals surface area contributed by atoms with Crippen molar-refractivity contribution in [3.63, 3.8) is 0 Å². The van der Waals surface area contributed by atoms with Gasteiger partial charge in [-0.25, -0.2) is 4.68 Å². The van der Waals surface area contributed by atoms with Crippen molar-refractivity contribution in [2.75, 3.05) is 0 Å². The Labute approximate surface area is 113 Å². The van der Waals surface area contributed by atoms with Crippen LogP contribution < -0.4 is 0 Å². The fourth-order valence-corrected chi connectivity index (χ4v) is 2.51. The van der Waals surface area contributed by atoms with Crippen molar-refractivity contribution in [1.82, 2.24) is 15.0 Å². The van der Waals surface area contributed by atoms with Crippen LogP contribution in [0.15, 0.2) is 28.7 Å². The Morgan fingerprint density at radius 1 is 1.39 bits per heavy atom. The molecule has 0 saturated heterocycles. The summed E-state index contributed by atoms with van der Waals surface area (Å²) < 4.78 is 2.90. The van der Waals surface area contributed by atoms with Gasteiger partial charge in [-0.3, -0.25) is 4.79 Å². The van der Waals surface area contributed by atoms with E-state index in [4.69, 9.17) is 0 Å². The largest absolute Gasteiger partial charge is 0.296 e.